The van der Waals surface area contributed by atoms with Crippen LogP contribution in [0.15, 0.2) is 78.5 Å². The summed E-state index contributed by atoms with van der Waals surface area (Å²) in [5.74, 6) is -0.0501. The van der Waals surface area contributed by atoms with Crippen molar-refractivity contribution < 1.29 is 24.2 Å². The highest BCUT2D eigenvalue weighted by Gasteiger charge is 2.46. The number of likely N-dealkylation sites (tertiary alicyclic amines) is 1. The van der Waals surface area contributed by atoms with E-state index in [1.165, 1.54) is 4.90 Å². The van der Waals surface area contributed by atoms with Gasteiger partial charge in [-0.2, -0.15) is 0 Å². The molecule has 0 aliphatic carbocycles. The zero-order valence-corrected chi connectivity index (χ0v) is 20.7. The lowest BCUT2D eigenvalue weighted by atomic mass is 9.95. The molecular formula is C29H30N2O5. The third-order valence-corrected chi connectivity index (χ3v) is 5.79. The van der Waals surface area contributed by atoms with Gasteiger partial charge in [0.1, 0.15) is 17.3 Å². The van der Waals surface area contributed by atoms with Crippen molar-refractivity contribution in [3.63, 3.8) is 0 Å². The first-order chi connectivity index (χ1) is 17.4. The normalized spacial score (nSPS) is 17.0. The van der Waals surface area contributed by atoms with Crippen molar-refractivity contribution in [1.29, 1.82) is 0 Å². The quantitative estimate of drug-likeness (QED) is 0.256. The van der Waals surface area contributed by atoms with Crippen molar-refractivity contribution in [2.75, 3.05) is 13.2 Å². The predicted molar refractivity (Wildman–Crippen MR) is 136 cm³/mol. The van der Waals surface area contributed by atoms with Crippen LogP contribution < -0.4 is 9.47 Å². The molecule has 2 heterocycles. The number of pyridine rings is 1. The lowest BCUT2D eigenvalue weighted by Gasteiger charge is -2.25. The zero-order chi connectivity index (χ0) is 25.7. The van der Waals surface area contributed by atoms with Gasteiger partial charge in [-0.1, -0.05) is 32.0 Å². The van der Waals surface area contributed by atoms with E-state index in [0.717, 1.165) is 0 Å². The molecule has 1 aliphatic heterocycles. The fraction of sp³-hybridized carbons (Fsp3) is 0.276. The lowest BCUT2D eigenvalue weighted by molar-refractivity contribution is -0.140. The summed E-state index contributed by atoms with van der Waals surface area (Å²) in [6.45, 7) is 7.16. The molecular weight excluding hydrogens is 456 g/mol. The SMILES string of the molecule is CCOc1ccc(/C(O)=C2/C(=O)C(=O)N(Cc3ccccn3)C2c2cccc(OCC(C)C)c2)cc1. The molecule has 1 saturated heterocycles. The van der Waals surface area contributed by atoms with Gasteiger partial charge >= 0.3 is 0 Å². The standard InChI is InChI=1S/C29H30N2O5/c1-4-35-23-13-11-20(12-14-23)27(32)25-26(21-8-7-10-24(16-21)36-18-19(2)3)31(29(34)28(25)33)17-22-9-5-6-15-30-22/h5-16,19,26,32H,4,17-18H2,1-3H3/b27-25-. The van der Waals surface area contributed by atoms with Gasteiger partial charge in [0.15, 0.2) is 0 Å². The Labute approximate surface area is 211 Å². The van der Waals surface area contributed by atoms with E-state index in [2.05, 4.69) is 18.8 Å². The van der Waals surface area contributed by atoms with Gasteiger partial charge in [-0.05, 0) is 66.9 Å². The van der Waals surface area contributed by atoms with Crippen LogP contribution in [0, 0.1) is 5.92 Å². The Bertz CT molecular complexity index is 1250. The molecule has 7 heteroatoms. The molecule has 1 aliphatic rings. The third-order valence-electron chi connectivity index (χ3n) is 5.79. The van der Waals surface area contributed by atoms with Crippen molar-refractivity contribution >= 4 is 17.4 Å². The predicted octanol–water partition coefficient (Wildman–Crippen LogP) is 5.14. The molecule has 7 nitrogen and oxygen atoms in total. The second-order valence-electron chi connectivity index (χ2n) is 8.98. The molecule has 1 fully saturated rings. The number of hydrogen-bond acceptors (Lipinski definition) is 6. The summed E-state index contributed by atoms with van der Waals surface area (Å²) in [4.78, 5) is 32.3. The number of carbonyl (C=O) groups excluding carboxylic acids is 2. The first-order valence-electron chi connectivity index (χ1n) is 12.0. The summed E-state index contributed by atoms with van der Waals surface area (Å²) in [6.07, 6.45) is 1.64. The molecule has 3 aromatic rings. The first kappa shape index (κ1) is 25.0. The fourth-order valence-electron chi connectivity index (χ4n) is 4.12. The number of hydrogen-bond donors (Lipinski definition) is 1. The Kier molecular flexibility index (Phi) is 7.68. The summed E-state index contributed by atoms with van der Waals surface area (Å²) in [6, 6.07) is 18.7. The minimum atomic E-state index is -0.804. The van der Waals surface area contributed by atoms with E-state index in [0.29, 0.717) is 47.5 Å². The molecule has 1 atom stereocenters. The van der Waals surface area contributed by atoms with Gasteiger partial charge in [-0.15, -0.1) is 0 Å². The number of rotatable bonds is 9. The Morgan fingerprint density at radius 1 is 1.00 bits per heavy atom. The maximum atomic E-state index is 13.3. The average Bonchev–Trinajstić information content (AvgIpc) is 3.13. The molecule has 0 radical (unpaired) electrons. The molecule has 186 valence electrons. The van der Waals surface area contributed by atoms with Gasteiger partial charge in [0.05, 0.1) is 37.1 Å². The van der Waals surface area contributed by atoms with Gasteiger partial charge in [-0.3, -0.25) is 14.6 Å². The number of ketones is 1. The van der Waals surface area contributed by atoms with Crippen LogP contribution in [0.4, 0.5) is 0 Å². The summed E-state index contributed by atoms with van der Waals surface area (Å²) in [5.41, 5.74) is 1.75. The van der Waals surface area contributed by atoms with E-state index >= 15 is 0 Å². The Balaban J connectivity index is 1.80. The lowest BCUT2D eigenvalue weighted by Crippen LogP contribution is -2.29. The van der Waals surface area contributed by atoms with Crippen LogP contribution >= 0.6 is 0 Å². The Morgan fingerprint density at radius 2 is 1.78 bits per heavy atom. The molecule has 0 saturated carbocycles. The molecule has 1 aromatic heterocycles. The van der Waals surface area contributed by atoms with E-state index in [-0.39, 0.29) is 17.9 Å². The van der Waals surface area contributed by atoms with Crippen LogP contribution in [0.5, 0.6) is 11.5 Å². The maximum Gasteiger partial charge on any atom is 0.296 e. The van der Waals surface area contributed by atoms with Crippen LogP contribution in [0.3, 0.4) is 0 Å². The molecule has 1 unspecified atom stereocenters. The van der Waals surface area contributed by atoms with Crippen LogP contribution in [-0.4, -0.2) is 39.9 Å². The summed E-state index contributed by atoms with van der Waals surface area (Å²) in [7, 11) is 0. The van der Waals surface area contributed by atoms with Crippen LogP contribution in [0.1, 0.15) is 43.6 Å². The minimum absolute atomic E-state index is 0.0288. The number of aromatic nitrogens is 1. The largest absolute Gasteiger partial charge is 0.507 e. The van der Waals surface area contributed by atoms with Gasteiger partial charge in [0.25, 0.3) is 11.7 Å². The van der Waals surface area contributed by atoms with Crippen LogP contribution in [-0.2, 0) is 16.1 Å². The smallest absolute Gasteiger partial charge is 0.296 e. The zero-order valence-electron chi connectivity index (χ0n) is 20.7. The number of Topliss-reactive ketones (excluding diaryl/α,β-unsaturated/α-hetero) is 1. The highest BCUT2D eigenvalue weighted by atomic mass is 16.5. The summed E-state index contributed by atoms with van der Waals surface area (Å²) >= 11 is 0. The van der Waals surface area contributed by atoms with Crippen molar-refractivity contribution in [2.45, 2.75) is 33.4 Å². The van der Waals surface area contributed by atoms with Crippen molar-refractivity contribution in [3.8, 4) is 11.5 Å². The molecule has 4 rings (SSSR count). The van der Waals surface area contributed by atoms with E-state index in [9.17, 15) is 14.7 Å². The molecule has 1 amide bonds. The number of nitrogens with zero attached hydrogens (tertiary/aromatic N) is 2. The summed E-state index contributed by atoms with van der Waals surface area (Å²) in [5, 5.41) is 11.3. The van der Waals surface area contributed by atoms with Crippen LogP contribution in [0.25, 0.3) is 5.76 Å². The van der Waals surface area contributed by atoms with E-state index in [1.54, 1.807) is 42.6 Å². The maximum absolute atomic E-state index is 13.3. The molecule has 0 spiro atoms. The molecule has 2 aromatic carbocycles. The number of carbonyl (C=O) groups is 2. The van der Waals surface area contributed by atoms with Gasteiger partial charge in [0.2, 0.25) is 0 Å². The van der Waals surface area contributed by atoms with Crippen LogP contribution in [0.2, 0.25) is 0 Å². The number of amides is 1. The second kappa shape index (κ2) is 11.1. The average molecular weight is 487 g/mol. The highest BCUT2D eigenvalue weighted by molar-refractivity contribution is 6.46. The van der Waals surface area contributed by atoms with E-state index in [4.69, 9.17) is 9.47 Å². The van der Waals surface area contributed by atoms with Gasteiger partial charge in [-0.25, -0.2) is 0 Å². The number of ether oxygens (including phenoxy) is 2. The minimum Gasteiger partial charge on any atom is -0.507 e. The molecule has 1 N–H and O–H groups in total. The first-order valence-corrected chi connectivity index (χ1v) is 12.0. The van der Waals surface area contributed by atoms with Gasteiger partial charge in [0, 0.05) is 11.8 Å². The summed E-state index contributed by atoms with van der Waals surface area (Å²) < 4.78 is 11.4. The fourth-order valence-corrected chi connectivity index (χ4v) is 4.12. The topological polar surface area (TPSA) is 89.0 Å². The highest BCUT2D eigenvalue weighted by Crippen LogP contribution is 2.41. The third kappa shape index (κ3) is 5.40. The molecule has 36 heavy (non-hydrogen) atoms. The Hall–Kier alpha value is -4.13. The number of aliphatic hydroxyl groups is 1. The van der Waals surface area contributed by atoms with Crippen molar-refractivity contribution in [2.24, 2.45) is 5.92 Å². The Morgan fingerprint density at radius 3 is 2.44 bits per heavy atom. The monoisotopic (exact) mass is 486 g/mol. The van der Waals surface area contributed by atoms with Gasteiger partial charge < -0.3 is 19.5 Å². The second-order valence-corrected chi connectivity index (χ2v) is 8.98. The van der Waals surface area contributed by atoms with Crippen molar-refractivity contribution in [3.05, 3.63) is 95.3 Å². The van der Waals surface area contributed by atoms with Crippen molar-refractivity contribution in [1.82, 2.24) is 9.88 Å². The number of aliphatic hydroxyl groups excluding tert-OH is 1. The number of benzene rings is 2. The van der Waals surface area contributed by atoms with E-state index < -0.39 is 17.7 Å². The molecule has 0 bridgehead atoms. The van der Waals surface area contributed by atoms with E-state index in [1.807, 2.05) is 37.3 Å².